The molecule has 17 heavy (non-hydrogen) atoms. The fourth-order valence-corrected chi connectivity index (χ4v) is 2.09. The van der Waals surface area contributed by atoms with Gasteiger partial charge in [-0.2, -0.15) is 0 Å². The van der Waals surface area contributed by atoms with Gasteiger partial charge in [0.1, 0.15) is 5.69 Å². The Balaban J connectivity index is 2.21. The van der Waals surface area contributed by atoms with E-state index in [1.54, 1.807) is 0 Å². The summed E-state index contributed by atoms with van der Waals surface area (Å²) in [5.74, 6) is -2.19. The highest BCUT2D eigenvalue weighted by Crippen LogP contribution is 2.31. The van der Waals surface area contributed by atoms with Crippen molar-refractivity contribution in [3.8, 4) is 0 Å². The van der Waals surface area contributed by atoms with Gasteiger partial charge in [-0.15, -0.1) is 0 Å². The minimum atomic E-state index is -0.980. The summed E-state index contributed by atoms with van der Waals surface area (Å²) in [5.41, 5.74) is 4.33. The van der Waals surface area contributed by atoms with Crippen LogP contribution in [-0.4, -0.2) is 11.4 Å². The van der Waals surface area contributed by atoms with Crippen molar-refractivity contribution in [1.82, 2.24) is 0 Å². The Morgan fingerprint density at radius 3 is 2.29 bits per heavy atom. The minimum Gasteiger partial charge on any atom is -0.320 e. The molecule has 0 atom stereocenters. The van der Waals surface area contributed by atoms with E-state index < -0.39 is 28.8 Å². The molecule has 3 nitrogen and oxygen atoms in total. The van der Waals surface area contributed by atoms with Gasteiger partial charge in [-0.1, -0.05) is 15.9 Å². The Hall–Kier alpha value is -1.01. The number of hydrogen-bond donors (Lipinski definition) is 2. The van der Waals surface area contributed by atoms with Gasteiger partial charge in [0.15, 0.2) is 11.6 Å². The van der Waals surface area contributed by atoms with Crippen LogP contribution >= 0.6 is 15.9 Å². The summed E-state index contributed by atoms with van der Waals surface area (Å²) in [5, 5.41) is 2.21. The molecule has 1 aromatic rings. The van der Waals surface area contributed by atoms with Gasteiger partial charge in [0.2, 0.25) is 5.91 Å². The predicted octanol–water partition coefficient (Wildman–Crippen LogP) is 2.55. The lowest BCUT2D eigenvalue weighted by molar-refractivity contribution is -0.123. The quantitative estimate of drug-likeness (QED) is 0.882. The van der Waals surface area contributed by atoms with Crippen molar-refractivity contribution in [1.29, 1.82) is 0 Å². The summed E-state index contributed by atoms with van der Waals surface area (Å²) in [6, 6.07) is 2.17. The molecule has 0 bridgehead atoms. The van der Waals surface area contributed by atoms with E-state index in [-0.39, 0.29) is 4.47 Å². The summed E-state index contributed by atoms with van der Waals surface area (Å²) < 4.78 is 27.2. The molecular formula is C11H11BrF2N2O. The molecular weight excluding hydrogens is 294 g/mol. The third kappa shape index (κ3) is 2.32. The van der Waals surface area contributed by atoms with Crippen LogP contribution in [0, 0.1) is 11.6 Å². The van der Waals surface area contributed by atoms with Crippen LogP contribution < -0.4 is 11.1 Å². The highest BCUT2D eigenvalue weighted by atomic mass is 79.9. The number of amides is 1. The Morgan fingerprint density at radius 2 is 1.88 bits per heavy atom. The van der Waals surface area contributed by atoms with Gasteiger partial charge in [-0.25, -0.2) is 8.78 Å². The maximum Gasteiger partial charge on any atom is 0.244 e. The first-order chi connectivity index (χ1) is 7.92. The third-order valence-electron chi connectivity index (χ3n) is 2.94. The fourth-order valence-electron chi connectivity index (χ4n) is 1.68. The zero-order valence-corrected chi connectivity index (χ0v) is 10.5. The molecule has 3 N–H and O–H groups in total. The van der Waals surface area contributed by atoms with Crippen LogP contribution in [0.2, 0.25) is 0 Å². The molecule has 0 aliphatic heterocycles. The van der Waals surface area contributed by atoms with E-state index in [4.69, 9.17) is 5.73 Å². The van der Waals surface area contributed by atoms with Crippen molar-refractivity contribution < 1.29 is 13.6 Å². The lowest BCUT2D eigenvalue weighted by atomic mass is 9.77. The van der Waals surface area contributed by atoms with E-state index in [1.165, 1.54) is 0 Å². The van der Waals surface area contributed by atoms with Crippen molar-refractivity contribution >= 4 is 27.5 Å². The first-order valence-corrected chi connectivity index (χ1v) is 5.96. The van der Waals surface area contributed by atoms with Crippen LogP contribution in [0.1, 0.15) is 19.3 Å². The fraction of sp³-hybridized carbons (Fsp3) is 0.364. The van der Waals surface area contributed by atoms with Gasteiger partial charge in [-0.3, -0.25) is 4.79 Å². The monoisotopic (exact) mass is 304 g/mol. The molecule has 1 aliphatic rings. The number of halogens is 3. The molecule has 0 radical (unpaired) electrons. The van der Waals surface area contributed by atoms with Crippen LogP contribution in [0.5, 0.6) is 0 Å². The van der Waals surface area contributed by atoms with Gasteiger partial charge in [0.25, 0.3) is 0 Å². The van der Waals surface area contributed by atoms with E-state index in [1.807, 2.05) is 0 Å². The summed E-state index contributed by atoms with van der Waals surface area (Å²) in [7, 11) is 0. The molecule has 1 amide bonds. The number of benzene rings is 1. The van der Waals surface area contributed by atoms with E-state index in [0.29, 0.717) is 12.8 Å². The lowest BCUT2D eigenvalue weighted by Crippen LogP contribution is -2.56. The van der Waals surface area contributed by atoms with E-state index in [9.17, 15) is 13.6 Å². The average molecular weight is 305 g/mol. The Labute approximate surface area is 106 Å². The van der Waals surface area contributed by atoms with Gasteiger partial charge < -0.3 is 11.1 Å². The number of rotatable bonds is 2. The molecule has 92 valence electrons. The van der Waals surface area contributed by atoms with Crippen molar-refractivity contribution in [2.24, 2.45) is 5.73 Å². The molecule has 0 unspecified atom stereocenters. The SMILES string of the molecule is NC1(C(=O)Nc2c(F)cc(Br)cc2F)CCC1. The second-order valence-corrected chi connectivity index (χ2v) is 5.12. The molecule has 2 rings (SSSR count). The standard InChI is InChI=1S/C11H11BrF2N2O/c12-6-4-7(13)9(8(14)5-6)16-10(17)11(15)2-1-3-11/h4-5H,1-3,15H2,(H,16,17). The normalized spacial score (nSPS) is 17.4. The van der Waals surface area contributed by atoms with Crippen LogP contribution in [0.3, 0.4) is 0 Å². The van der Waals surface area contributed by atoms with Gasteiger partial charge in [-0.05, 0) is 31.4 Å². The summed E-state index contributed by atoms with van der Waals surface area (Å²) >= 11 is 2.96. The van der Waals surface area contributed by atoms with Gasteiger partial charge in [0.05, 0.1) is 5.54 Å². The Kier molecular flexibility index (Phi) is 3.18. The number of nitrogens with two attached hydrogens (primary N) is 1. The Bertz CT molecular complexity index is 452. The molecule has 1 aliphatic carbocycles. The highest BCUT2D eigenvalue weighted by molar-refractivity contribution is 9.10. The number of anilines is 1. The van der Waals surface area contributed by atoms with E-state index >= 15 is 0 Å². The molecule has 0 aromatic heterocycles. The van der Waals surface area contributed by atoms with Crippen LogP contribution in [0.15, 0.2) is 16.6 Å². The van der Waals surface area contributed by atoms with Gasteiger partial charge >= 0.3 is 0 Å². The number of carbonyl (C=O) groups excluding carboxylic acids is 1. The van der Waals surface area contributed by atoms with Crippen LogP contribution in [0.4, 0.5) is 14.5 Å². The summed E-state index contributed by atoms with van der Waals surface area (Å²) in [6.07, 6.45) is 1.94. The van der Waals surface area contributed by atoms with Crippen LogP contribution in [0.25, 0.3) is 0 Å². The average Bonchev–Trinajstić information content (AvgIpc) is 2.19. The second-order valence-electron chi connectivity index (χ2n) is 4.21. The van der Waals surface area contributed by atoms with Crippen LogP contribution in [-0.2, 0) is 4.79 Å². The maximum absolute atomic E-state index is 13.5. The van der Waals surface area contributed by atoms with Crippen molar-refractivity contribution in [3.05, 3.63) is 28.2 Å². The molecule has 1 aromatic carbocycles. The first-order valence-electron chi connectivity index (χ1n) is 5.17. The minimum absolute atomic E-state index is 0.275. The van der Waals surface area contributed by atoms with Crippen molar-refractivity contribution in [2.45, 2.75) is 24.8 Å². The molecule has 6 heteroatoms. The summed E-state index contributed by atoms with van der Waals surface area (Å²) in [6.45, 7) is 0. The first kappa shape index (κ1) is 12.4. The number of hydrogen-bond acceptors (Lipinski definition) is 2. The van der Waals surface area contributed by atoms with Crippen molar-refractivity contribution in [3.63, 3.8) is 0 Å². The highest BCUT2D eigenvalue weighted by Gasteiger charge is 2.40. The van der Waals surface area contributed by atoms with Crippen molar-refractivity contribution in [2.75, 3.05) is 5.32 Å². The van der Waals surface area contributed by atoms with E-state index in [0.717, 1.165) is 18.6 Å². The second kappa shape index (κ2) is 4.34. The topological polar surface area (TPSA) is 55.1 Å². The molecule has 0 saturated heterocycles. The third-order valence-corrected chi connectivity index (χ3v) is 3.40. The number of nitrogens with one attached hydrogen (secondary N) is 1. The molecule has 0 spiro atoms. The molecule has 0 heterocycles. The Morgan fingerprint density at radius 1 is 1.35 bits per heavy atom. The van der Waals surface area contributed by atoms with E-state index in [2.05, 4.69) is 21.2 Å². The lowest BCUT2D eigenvalue weighted by Gasteiger charge is -2.36. The predicted molar refractivity (Wildman–Crippen MR) is 63.5 cm³/mol. The largest absolute Gasteiger partial charge is 0.320 e. The smallest absolute Gasteiger partial charge is 0.244 e. The maximum atomic E-state index is 13.5. The zero-order chi connectivity index (χ0) is 12.6. The molecule has 1 saturated carbocycles. The summed E-state index contributed by atoms with van der Waals surface area (Å²) in [4.78, 5) is 11.7. The van der Waals surface area contributed by atoms with Gasteiger partial charge in [0, 0.05) is 4.47 Å². The zero-order valence-electron chi connectivity index (χ0n) is 8.90. The number of carbonyl (C=O) groups is 1. The molecule has 1 fully saturated rings.